The standard InChI is InChI=1S/C63H50N2/c1-61(2)52-21-11-7-16-44(52)47-34-31-42(37-55(47)61)64(43-32-35-48-45-17-8-12-22-53(45)62(3,4)56(48)38-43)41-29-26-39(27-30-41)40-28-33-50-49-19-10-14-24-57(49)65(59(50)36-40)58-25-15-20-51-46-18-9-13-23-54(46)63(5,6)60(51)58/h7-38H,1-6H3. The van der Waals surface area contributed by atoms with Gasteiger partial charge in [0.1, 0.15) is 0 Å². The fraction of sp³-hybridized carbons (Fsp3) is 0.143. The van der Waals surface area contributed by atoms with Crippen molar-refractivity contribution in [2.24, 2.45) is 0 Å². The van der Waals surface area contributed by atoms with E-state index in [1.165, 1.54) is 105 Å². The summed E-state index contributed by atoms with van der Waals surface area (Å²) < 4.78 is 2.53. The van der Waals surface area contributed by atoms with Crippen molar-refractivity contribution in [3.05, 3.63) is 228 Å². The predicted molar refractivity (Wildman–Crippen MR) is 274 cm³/mol. The molecule has 2 nitrogen and oxygen atoms in total. The van der Waals surface area contributed by atoms with Gasteiger partial charge >= 0.3 is 0 Å². The maximum absolute atomic E-state index is 2.53. The van der Waals surface area contributed by atoms with Crippen LogP contribution in [0.5, 0.6) is 0 Å². The van der Waals surface area contributed by atoms with Gasteiger partial charge in [-0.25, -0.2) is 0 Å². The van der Waals surface area contributed by atoms with E-state index in [0.29, 0.717) is 0 Å². The predicted octanol–water partition coefficient (Wildman–Crippen LogP) is 16.8. The fourth-order valence-corrected chi connectivity index (χ4v) is 12.3. The van der Waals surface area contributed by atoms with Gasteiger partial charge in [0.25, 0.3) is 0 Å². The second-order valence-corrected chi connectivity index (χ2v) is 20.1. The number of rotatable bonds is 5. The van der Waals surface area contributed by atoms with Crippen LogP contribution in [0, 0.1) is 0 Å². The van der Waals surface area contributed by atoms with Gasteiger partial charge in [-0.2, -0.15) is 0 Å². The van der Waals surface area contributed by atoms with Crippen molar-refractivity contribution < 1.29 is 0 Å². The number of anilines is 3. The molecule has 312 valence electrons. The van der Waals surface area contributed by atoms with E-state index in [2.05, 4.69) is 245 Å². The van der Waals surface area contributed by atoms with E-state index in [1.807, 2.05) is 0 Å². The molecule has 0 amide bonds. The third kappa shape index (κ3) is 5.23. The second kappa shape index (κ2) is 13.3. The van der Waals surface area contributed by atoms with E-state index in [1.54, 1.807) is 0 Å². The van der Waals surface area contributed by atoms with Crippen LogP contribution in [-0.2, 0) is 16.2 Å². The average Bonchev–Trinajstić information content (AvgIpc) is 3.95. The summed E-state index contributed by atoms with van der Waals surface area (Å²) in [7, 11) is 0. The third-order valence-electron chi connectivity index (χ3n) is 15.6. The highest BCUT2D eigenvalue weighted by atomic mass is 15.1. The molecule has 0 saturated carbocycles. The van der Waals surface area contributed by atoms with Crippen molar-refractivity contribution >= 4 is 38.9 Å². The van der Waals surface area contributed by atoms with E-state index in [4.69, 9.17) is 0 Å². The summed E-state index contributed by atoms with van der Waals surface area (Å²) in [5.41, 5.74) is 25.5. The molecule has 3 aliphatic rings. The minimum atomic E-state index is -0.142. The summed E-state index contributed by atoms with van der Waals surface area (Å²) in [4.78, 5) is 2.47. The molecule has 2 heteroatoms. The first-order chi connectivity index (χ1) is 31.5. The molecule has 3 aliphatic carbocycles. The lowest BCUT2D eigenvalue weighted by Crippen LogP contribution is -2.18. The van der Waals surface area contributed by atoms with Crippen LogP contribution in [0.4, 0.5) is 17.1 Å². The van der Waals surface area contributed by atoms with Gasteiger partial charge < -0.3 is 9.47 Å². The molecule has 0 saturated heterocycles. The lowest BCUT2D eigenvalue weighted by atomic mass is 9.81. The Morgan fingerprint density at radius 1 is 0.323 bits per heavy atom. The zero-order valence-corrected chi connectivity index (χ0v) is 37.9. The number of para-hydroxylation sites is 1. The number of aromatic nitrogens is 1. The topological polar surface area (TPSA) is 8.17 Å². The van der Waals surface area contributed by atoms with Crippen molar-refractivity contribution in [3.63, 3.8) is 0 Å². The van der Waals surface area contributed by atoms with Gasteiger partial charge in [-0.3, -0.25) is 0 Å². The molecular weight excluding hydrogens is 785 g/mol. The molecule has 0 fully saturated rings. The third-order valence-corrected chi connectivity index (χ3v) is 15.6. The summed E-state index contributed by atoms with van der Waals surface area (Å²) in [5.74, 6) is 0. The van der Waals surface area contributed by atoms with Crippen LogP contribution in [-0.4, -0.2) is 4.57 Å². The first-order valence-corrected chi connectivity index (χ1v) is 23.2. The monoisotopic (exact) mass is 834 g/mol. The van der Waals surface area contributed by atoms with Crippen LogP contribution in [0.3, 0.4) is 0 Å². The molecule has 0 radical (unpaired) electrons. The number of nitrogens with zero attached hydrogens (tertiary/aromatic N) is 2. The number of benzene rings is 9. The van der Waals surface area contributed by atoms with Crippen molar-refractivity contribution in [1.29, 1.82) is 0 Å². The zero-order chi connectivity index (χ0) is 44.0. The van der Waals surface area contributed by atoms with E-state index >= 15 is 0 Å². The Balaban J connectivity index is 0.953. The Hall–Kier alpha value is -7.42. The highest BCUT2D eigenvalue weighted by Gasteiger charge is 2.39. The Labute approximate surface area is 382 Å². The average molecular weight is 835 g/mol. The minimum Gasteiger partial charge on any atom is -0.310 e. The maximum atomic E-state index is 2.53. The van der Waals surface area contributed by atoms with E-state index < -0.39 is 0 Å². The molecule has 0 bridgehead atoms. The molecule has 0 atom stereocenters. The highest BCUT2D eigenvalue weighted by molar-refractivity contribution is 6.10. The summed E-state index contributed by atoms with van der Waals surface area (Å²) in [6.45, 7) is 14.3. The van der Waals surface area contributed by atoms with Gasteiger partial charge in [-0.1, -0.05) is 181 Å². The van der Waals surface area contributed by atoms with Crippen LogP contribution >= 0.6 is 0 Å². The molecule has 0 spiro atoms. The summed E-state index contributed by atoms with van der Waals surface area (Å²) >= 11 is 0. The van der Waals surface area contributed by atoms with E-state index in [-0.39, 0.29) is 16.2 Å². The van der Waals surface area contributed by atoms with Crippen molar-refractivity contribution in [1.82, 2.24) is 4.57 Å². The lowest BCUT2D eigenvalue weighted by Gasteiger charge is -2.30. The maximum Gasteiger partial charge on any atom is 0.0547 e. The van der Waals surface area contributed by atoms with Gasteiger partial charge in [0.2, 0.25) is 0 Å². The highest BCUT2D eigenvalue weighted by Crippen LogP contribution is 2.54. The lowest BCUT2D eigenvalue weighted by molar-refractivity contribution is 0.656. The molecule has 0 unspecified atom stereocenters. The van der Waals surface area contributed by atoms with Gasteiger partial charge in [0.15, 0.2) is 0 Å². The van der Waals surface area contributed by atoms with Crippen molar-refractivity contribution in [2.45, 2.75) is 57.8 Å². The minimum absolute atomic E-state index is 0.111. The van der Waals surface area contributed by atoms with Gasteiger partial charge in [-0.15, -0.1) is 0 Å². The van der Waals surface area contributed by atoms with Gasteiger partial charge in [0, 0.05) is 44.1 Å². The van der Waals surface area contributed by atoms with Crippen LogP contribution < -0.4 is 4.90 Å². The number of hydrogen-bond acceptors (Lipinski definition) is 1. The molecule has 9 aromatic carbocycles. The Morgan fingerprint density at radius 3 is 1.40 bits per heavy atom. The normalized spacial score (nSPS) is 15.3. The summed E-state index contributed by atoms with van der Waals surface area (Å²) in [6, 6.07) is 73.1. The molecule has 1 aromatic heterocycles. The molecule has 0 aliphatic heterocycles. The number of hydrogen-bond donors (Lipinski definition) is 0. The molecule has 0 N–H and O–H groups in total. The van der Waals surface area contributed by atoms with Crippen LogP contribution in [0.1, 0.15) is 74.9 Å². The second-order valence-electron chi connectivity index (χ2n) is 20.1. The van der Waals surface area contributed by atoms with Gasteiger partial charge in [-0.05, 0) is 132 Å². The fourth-order valence-electron chi connectivity index (χ4n) is 12.3. The molecule has 65 heavy (non-hydrogen) atoms. The van der Waals surface area contributed by atoms with E-state index in [9.17, 15) is 0 Å². The molecular formula is C63H50N2. The smallest absolute Gasteiger partial charge is 0.0547 e. The van der Waals surface area contributed by atoms with Crippen LogP contribution in [0.2, 0.25) is 0 Å². The van der Waals surface area contributed by atoms with Crippen LogP contribution in [0.15, 0.2) is 194 Å². The Kier molecular flexibility index (Phi) is 7.80. The Bertz CT molecular complexity index is 3520. The number of fused-ring (bicyclic) bond motifs is 12. The Morgan fingerprint density at radius 2 is 0.785 bits per heavy atom. The largest absolute Gasteiger partial charge is 0.310 e. The van der Waals surface area contributed by atoms with E-state index in [0.717, 1.165) is 17.1 Å². The van der Waals surface area contributed by atoms with Crippen molar-refractivity contribution in [2.75, 3.05) is 4.90 Å². The van der Waals surface area contributed by atoms with Crippen molar-refractivity contribution in [3.8, 4) is 50.2 Å². The summed E-state index contributed by atoms with van der Waals surface area (Å²) in [6.07, 6.45) is 0. The summed E-state index contributed by atoms with van der Waals surface area (Å²) in [5, 5.41) is 2.54. The first-order valence-electron chi connectivity index (χ1n) is 23.2. The molecule has 10 aromatic rings. The van der Waals surface area contributed by atoms with Crippen LogP contribution in [0.25, 0.3) is 72.0 Å². The van der Waals surface area contributed by atoms with Gasteiger partial charge in [0.05, 0.1) is 16.7 Å². The SMILES string of the molecule is CC1(C)c2ccccc2-c2ccc(N(c3ccc(-c4ccc5c6ccccc6n(-c6cccc7c6C(C)(C)c6ccccc6-7)c5c4)cc3)c3ccc4c(c3)C(C)(C)c3ccccc3-4)cc21. The zero-order valence-electron chi connectivity index (χ0n) is 37.9. The molecule has 13 rings (SSSR count). The molecule has 1 heterocycles. The quantitative estimate of drug-likeness (QED) is 0.168. The first kappa shape index (κ1) is 38.1.